The van der Waals surface area contributed by atoms with Gasteiger partial charge in [0, 0.05) is 38.8 Å². The lowest BCUT2D eigenvalue weighted by molar-refractivity contribution is 0.105. The van der Waals surface area contributed by atoms with E-state index in [4.69, 9.17) is 0 Å². The first-order valence-corrected chi connectivity index (χ1v) is 9.71. The fraction of sp³-hybridized carbons (Fsp3) is 0.600. The Morgan fingerprint density at radius 2 is 1.77 bits per heavy atom. The van der Waals surface area contributed by atoms with Crippen LogP contribution in [0, 0.1) is 13.8 Å². The van der Waals surface area contributed by atoms with Crippen molar-refractivity contribution in [2.75, 3.05) is 26.2 Å². The molecule has 1 atom stereocenters. The number of aryl methyl sites for hydroxylation is 2. The van der Waals surface area contributed by atoms with E-state index in [1.807, 2.05) is 6.20 Å². The summed E-state index contributed by atoms with van der Waals surface area (Å²) >= 11 is 0. The van der Waals surface area contributed by atoms with Gasteiger partial charge in [0.15, 0.2) is 0 Å². The molecule has 1 aromatic heterocycles. The van der Waals surface area contributed by atoms with Gasteiger partial charge in [0.25, 0.3) is 0 Å². The van der Waals surface area contributed by atoms with Gasteiger partial charge < -0.3 is 5.11 Å². The molecule has 0 saturated carbocycles. The molecular weight excluding hydrogens is 326 g/mol. The van der Waals surface area contributed by atoms with E-state index >= 15 is 0 Å². The highest BCUT2D eigenvalue weighted by atomic mass is 16.3. The van der Waals surface area contributed by atoms with Crippen LogP contribution in [0.5, 0.6) is 0 Å². The van der Waals surface area contributed by atoms with Crippen LogP contribution >= 0.6 is 0 Å². The van der Waals surface area contributed by atoms with Gasteiger partial charge in [-0.3, -0.25) is 9.80 Å². The summed E-state index contributed by atoms with van der Waals surface area (Å²) in [6.45, 7) is 9.15. The number of likely N-dealkylation sites (tertiary alicyclic amines) is 2. The quantitative estimate of drug-likeness (QED) is 0.908. The maximum atomic E-state index is 9.74. The summed E-state index contributed by atoms with van der Waals surface area (Å²) in [5, 5.41) is 18.9. The van der Waals surface area contributed by atoms with Gasteiger partial charge in [-0.25, -0.2) is 0 Å². The topological polar surface area (TPSA) is 57.4 Å². The summed E-state index contributed by atoms with van der Waals surface area (Å²) in [5.74, 6) is 0. The van der Waals surface area contributed by atoms with Crippen molar-refractivity contribution in [3.05, 3.63) is 41.2 Å². The van der Waals surface area contributed by atoms with Crippen molar-refractivity contribution in [1.82, 2.24) is 24.8 Å². The first kappa shape index (κ1) is 17.6. The van der Waals surface area contributed by atoms with Crippen molar-refractivity contribution >= 4 is 0 Å². The van der Waals surface area contributed by atoms with Gasteiger partial charge >= 0.3 is 0 Å². The van der Waals surface area contributed by atoms with Crippen LogP contribution in [-0.2, 0) is 6.54 Å². The number of rotatable bonds is 4. The zero-order valence-corrected chi connectivity index (χ0v) is 15.8. The van der Waals surface area contributed by atoms with Crippen molar-refractivity contribution in [3.63, 3.8) is 0 Å². The molecule has 2 aromatic rings. The van der Waals surface area contributed by atoms with Gasteiger partial charge in [0.1, 0.15) is 0 Å². The standard InChI is InChI=1S/C20H29N5O/c1-15-9-16(2)11-19(10-15)25-21-12-17(22-25)13-23-6-3-18(4-7-23)24-8-5-20(26)14-24/h9-12,18,20,26H,3-8,13-14H2,1-2H3. The largest absolute Gasteiger partial charge is 0.392 e. The molecule has 0 bridgehead atoms. The Labute approximate surface area is 155 Å². The van der Waals surface area contributed by atoms with Crippen molar-refractivity contribution in [2.24, 2.45) is 0 Å². The summed E-state index contributed by atoms with van der Waals surface area (Å²) in [7, 11) is 0. The van der Waals surface area contributed by atoms with Gasteiger partial charge in [0.2, 0.25) is 0 Å². The number of hydrogen-bond acceptors (Lipinski definition) is 5. The maximum Gasteiger partial charge on any atom is 0.0971 e. The lowest BCUT2D eigenvalue weighted by Crippen LogP contribution is -2.44. The molecule has 2 fully saturated rings. The van der Waals surface area contributed by atoms with E-state index < -0.39 is 0 Å². The number of nitrogens with zero attached hydrogens (tertiary/aromatic N) is 5. The second-order valence-corrected chi connectivity index (χ2v) is 7.92. The smallest absolute Gasteiger partial charge is 0.0971 e. The number of aromatic nitrogens is 3. The molecule has 4 rings (SSSR count). The molecule has 26 heavy (non-hydrogen) atoms. The van der Waals surface area contributed by atoms with Gasteiger partial charge in [0.05, 0.1) is 23.7 Å². The van der Waals surface area contributed by atoms with E-state index in [1.165, 1.54) is 24.0 Å². The van der Waals surface area contributed by atoms with Crippen LogP contribution in [0.1, 0.15) is 36.1 Å². The van der Waals surface area contributed by atoms with Gasteiger partial charge in [-0.2, -0.15) is 15.0 Å². The number of piperidine rings is 1. The van der Waals surface area contributed by atoms with Crippen LogP contribution in [-0.4, -0.2) is 68.2 Å². The summed E-state index contributed by atoms with van der Waals surface area (Å²) in [6.07, 6.45) is 5.06. The number of hydrogen-bond donors (Lipinski definition) is 1. The van der Waals surface area contributed by atoms with Crippen molar-refractivity contribution < 1.29 is 5.11 Å². The Balaban J connectivity index is 1.34. The summed E-state index contributed by atoms with van der Waals surface area (Å²) in [6, 6.07) is 7.03. The number of β-amino-alcohol motifs (C(OH)–C–C–N with tert-alkyl or cyclic N) is 1. The zero-order chi connectivity index (χ0) is 18.1. The second-order valence-electron chi connectivity index (χ2n) is 7.92. The fourth-order valence-corrected chi connectivity index (χ4v) is 4.33. The molecule has 0 spiro atoms. The minimum atomic E-state index is -0.117. The van der Waals surface area contributed by atoms with Crippen LogP contribution in [0.25, 0.3) is 5.69 Å². The van der Waals surface area contributed by atoms with E-state index in [0.29, 0.717) is 6.04 Å². The van der Waals surface area contributed by atoms with Crippen LogP contribution in [0.15, 0.2) is 24.4 Å². The molecule has 0 aliphatic carbocycles. The normalized spacial score (nSPS) is 23.0. The molecule has 3 heterocycles. The predicted molar refractivity (Wildman–Crippen MR) is 101 cm³/mol. The van der Waals surface area contributed by atoms with Crippen LogP contribution in [0.2, 0.25) is 0 Å². The highest BCUT2D eigenvalue weighted by molar-refractivity contribution is 5.37. The van der Waals surface area contributed by atoms with Gasteiger partial charge in [-0.05, 0) is 56.4 Å². The third-order valence-electron chi connectivity index (χ3n) is 5.63. The molecule has 1 N–H and O–H groups in total. The summed E-state index contributed by atoms with van der Waals surface area (Å²) in [4.78, 5) is 6.69. The molecule has 2 saturated heterocycles. The van der Waals surface area contributed by atoms with Crippen LogP contribution < -0.4 is 0 Å². The lowest BCUT2D eigenvalue weighted by atomic mass is 10.0. The third kappa shape index (κ3) is 3.98. The van der Waals surface area contributed by atoms with E-state index in [-0.39, 0.29) is 6.10 Å². The average Bonchev–Trinajstić information content (AvgIpc) is 3.24. The van der Waals surface area contributed by atoms with Crippen molar-refractivity contribution in [1.29, 1.82) is 0 Å². The molecule has 6 nitrogen and oxygen atoms in total. The predicted octanol–water partition coefficient (Wildman–Crippen LogP) is 1.92. The van der Waals surface area contributed by atoms with E-state index in [9.17, 15) is 5.11 Å². The highest BCUT2D eigenvalue weighted by Gasteiger charge is 2.29. The first-order valence-electron chi connectivity index (χ1n) is 9.71. The molecule has 2 aliphatic rings. The Morgan fingerprint density at radius 1 is 1.04 bits per heavy atom. The van der Waals surface area contributed by atoms with Gasteiger partial charge in [-0.1, -0.05) is 6.07 Å². The molecule has 2 aliphatic heterocycles. The Kier molecular flexibility index (Phi) is 5.07. The highest BCUT2D eigenvalue weighted by Crippen LogP contribution is 2.22. The molecule has 0 amide bonds. The SMILES string of the molecule is Cc1cc(C)cc(-n2ncc(CN3CCC(N4CCC(O)C4)CC3)n2)c1. The van der Waals surface area contributed by atoms with E-state index in [2.05, 4.69) is 52.0 Å². The maximum absolute atomic E-state index is 9.74. The summed E-state index contributed by atoms with van der Waals surface area (Å²) in [5.41, 5.74) is 4.51. The molecule has 1 aromatic carbocycles. The first-order chi connectivity index (χ1) is 12.6. The Hall–Kier alpha value is -1.76. The summed E-state index contributed by atoms with van der Waals surface area (Å²) < 4.78 is 0. The minimum absolute atomic E-state index is 0.117. The molecule has 0 radical (unpaired) electrons. The Morgan fingerprint density at radius 3 is 2.42 bits per heavy atom. The zero-order valence-electron chi connectivity index (χ0n) is 15.8. The Bertz CT molecular complexity index is 730. The monoisotopic (exact) mass is 355 g/mol. The number of benzene rings is 1. The van der Waals surface area contributed by atoms with Gasteiger partial charge in [-0.15, -0.1) is 0 Å². The van der Waals surface area contributed by atoms with Crippen LogP contribution in [0.3, 0.4) is 0 Å². The van der Waals surface area contributed by atoms with E-state index in [1.54, 1.807) is 4.80 Å². The average molecular weight is 355 g/mol. The molecular formula is C20H29N5O. The molecule has 140 valence electrons. The van der Waals surface area contributed by atoms with Crippen molar-refractivity contribution in [3.8, 4) is 5.69 Å². The fourth-order valence-electron chi connectivity index (χ4n) is 4.33. The molecule has 6 heteroatoms. The van der Waals surface area contributed by atoms with Crippen LogP contribution in [0.4, 0.5) is 0 Å². The second kappa shape index (κ2) is 7.47. The third-order valence-corrected chi connectivity index (χ3v) is 5.63. The minimum Gasteiger partial charge on any atom is -0.392 e. The van der Waals surface area contributed by atoms with E-state index in [0.717, 1.165) is 50.5 Å². The number of aliphatic hydroxyl groups is 1. The van der Waals surface area contributed by atoms with Crippen molar-refractivity contribution in [2.45, 2.75) is 51.8 Å². The molecule has 1 unspecified atom stereocenters. The lowest BCUT2D eigenvalue weighted by Gasteiger charge is -2.36. The number of aliphatic hydroxyl groups excluding tert-OH is 1.